The largest absolute Gasteiger partial charge is 0.489 e. The van der Waals surface area contributed by atoms with Crippen LogP contribution in [0.2, 0.25) is 0 Å². The fourth-order valence-electron chi connectivity index (χ4n) is 10.9. The Morgan fingerprint density at radius 1 is 0.641 bits per heavy atom. The smallest absolute Gasteiger partial charge is 0.407 e. The minimum Gasteiger partial charge on any atom is -0.489 e. The molecule has 4 aliphatic rings. The Kier molecular flexibility index (Phi) is 18.7. The summed E-state index contributed by atoms with van der Waals surface area (Å²) in [5.74, 6) is -3.05. The molecule has 0 bridgehead atoms. The van der Waals surface area contributed by atoms with Crippen LogP contribution < -0.4 is 42.4 Å². The van der Waals surface area contributed by atoms with E-state index in [4.69, 9.17) is 15.2 Å². The van der Waals surface area contributed by atoms with Gasteiger partial charge in [0, 0.05) is 88.7 Å². The Morgan fingerprint density at radius 3 is 2.06 bits per heavy atom. The lowest BCUT2D eigenvalue weighted by molar-refractivity contribution is -0.152. The number of nitrogens with two attached hydrogens (primary N) is 1. The van der Waals surface area contributed by atoms with Crippen molar-refractivity contribution in [1.82, 2.24) is 51.6 Å². The van der Waals surface area contributed by atoms with Crippen molar-refractivity contribution in [3.63, 3.8) is 0 Å². The van der Waals surface area contributed by atoms with Crippen molar-refractivity contribution in [2.45, 2.75) is 100 Å². The van der Waals surface area contributed by atoms with E-state index in [-0.39, 0.29) is 64.8 Å². The zero-order valence-corrected chi connectivity index (χ0v) is 43.8. The molecule has 4 saturated heterocycles. The predicted molar refractivity (Wildman–Crippen MR) is 292 cm³/mol. The second-order valence-electron chi connectivity index (χ2n) is 20.5. The van der Waals surface area contributed by atoms with E-state index in [1.807, 2.05) is 97.1 Å². The molecule has 7 atom stereocenters. The van der Waals surface area contributed by atoms with E-state index >= 15 is 19.2 Å². The number of aromatic amines is 1. The number of hydrogen-bond acceptors (Lipinski definition) is 12. The highest BCUT2D eigenvalue weighted by Gasteiger charge is 2.47. The highest BCUT2D eigenvalue weighted by molar-refractivity contribution is 5.99. The summed E-state index contributed by atoms with van der Waals surface area (Å²) in [4.78, 5) is 112. The molecule has 1 unspecified atom stereocenters. The number of amides is 7. The average molecular weight is 1070 g/mol. The van der Waals surface area contributed by atoms with Crippen molar-refractivity contribution in [2.75, 3.05) is 58.9 Å². The molecule has 4 aliphatic heterocycles. The number of aryl methyl sites for hydroxylation is 1. The third kappa shape index (κ3) is 14.2. The number of nitrogens with zero attached hydrogens (tertiary/aromatic N) is 3. The molecule has 4 fully saturated rings. The molecular weight excluding hydrogens is 995 g/mol. The van der Waals surface area contributed by atoms with Crippen molar-refractivity contribution >= 4 is 52.4 Å². The maximum absolute atomic E-state index is 15.4. The number of ether oxygens (including phenoxy) is 2. The van der Waals surface area contributed by atoms with Crippen LogP contribution in [0.3, 0.4) is 0 Å². The van der Waals surface area contributed by atoms with Gasteiger partial charge in [-0.1, -0.05) is 91.0 Å². The monoisotopic (exact) mass is 1070 g/mol. The van der Waals surface area contributed by atoms with Crippen molar-refractivity contribution in [3.8, 4) is 5.75 Å². The topological polar surface area (TPSA) is 262 Å². The third-order valence-corrected chi connectivity index (χ3v) is 15.0. The number of para-hydroxylation sites is 1. The van der Waals surface area contributed by atoms with Crippen LogP contribution in [0, 0.1) is 0 Å². The number of piperidine rings is 1. The molecule has 0 saturated carbocycles. The van der Waals surface area contributed by atoms with E-state index in [1.165, 1.54) is 9.80 Å². The molecular formula is C58H71N11O9. The molecule has 4 aromatic carbocycles. The summed E-state index contributed by atoms with van der Waals surface area (Å²) in [6.07, 6.45) is 1.86. The fourth-order valence-corrected chi connectivity index (χ4v) is 10.9. The quantitative estimate of drug-likeness (QED) is 0.0750. The van der Waals surface area contributed by atoms with Gasteiger partial charge < -0.3 is 61.9 Å². The first-order valence-electron chi connectivity index (χ1n) is 27.2. The van der Waals surface area contributed by atoms with Gasteiger partial charge in [-0.25, -0.2) is 4.79 Å². The van der Waals surface area contributed by atoms with E-state index in [2.05, 4.69) is 41.8 Å². The maximum atomic E-state index is 15.4. The number of aromatic nitrogens is 1. The molecule has 1 aromatic heterocycles. The molecule has 9 rings (SSSR count). The number of benzene rings is 4. The molecule has 0 radical (unpaired) electrons. The lowest BCUT2D eigenvalue weighted by atomic mass is 9.97. The summed E-state index contributed by atoms with van der Waals surface area (Å²) in [6, 6.07) is 26.8. The fraction of sp³-hybridized carbons (Fsp3) is 0.431. The first kappa shape index (κ1) is 55.0. The number of piperazine rings is 1. The number of rotatable bonds is 15. The van der Waals surface area contributed by atoms with Crippen LogP contribution in [-0.2, 0) is 59.4 Å². The Hall–Kier alpha value is -7.81. The summed E-state index contributed by atoms with van der Waals surface area (Å²) in [5.41, 5.74) is 9.76. The lowest BCUT2D eigenvalue weighted by Crippen LogP contribution is -2.64. The van der Waals surface area contributed by atoms with Gasteiger partial charge in [0.1, 0.15) is 54.7 Å². The van der Waals surface area contributed by atoms with Crippen LogP contribution in [0.25, 0.3) is 10.9 Å². The number of alkyl carbamates (subject to hydrolysis) is 1. The molecule has 7 amide bonds. The summed E-state index contributed by atoms with van der Waals surface area (Å²) < 4.78 is 11.8. The van der Waals surface area contributed by atoms with Crippen LogP contribution >= 0.6 is 0 Å². The van der Waals surface area contributed by atoms with Gasteiger partial charge in [0.15, 0.2) is 0 Å². The van der Waals surface area contributed by atoms with Gasteiger partial charge in [-0.2, -0.15) is 0 Å². The Labute approximate surface area is 453 Å². The normalized spacial score (nSPS) is 23.9. The zero-order valence-electron chi connectivity index (χ0n) is 43.8. The molecule has 5 aromatic rings. The van der Waals surface area contributed by atoms with Crippen LogP contribution in [-0.4, -0.2) is 162 Å². The molecule has 0 spiro atoms. The Balaban J connectivity index is 1.09. The van der Waals surface area contributed by atoms with Crippen LogP contribution in [0.15, 0.2) is 115 Å². The standard InChI is InChI=1S/C58H71N11O9/c59-24-25-61-58(76)78-43-33-51-55(73)63-46(23-20-38-11-3-1-4-12-38)52(70)64-47(32-41-34-62-45-16-8-7-15-44(41)45)53(71)66-49(36-67-29-26-60-27-30-67)54(72)65-48(56(74)68-28-10-9-17-50(68)57(75)69(51)35-43)31-39-18-21-42(22-19-39)77-37-40-13-5-2-6-14-40/h1-8,11-16,18-19,21-22,34,43,46-51,60,62H,9-10,17,20,23-33,35-37,59H2,(H,61,76)(H,63,73)(H,64,70)(H,65,72)(H,66,71)/t43?,46-,47+,48-,49-,50-,51-/m0/s1. The third-order valence-electron chi connectivity index (χ3n) is 15.0. The minimum atomic E-state index is -1.27. The molecule has 412 valence electrons. The summed E-state index contributed by atoms with van der Waals surface area (Å²) in [7, 11) is 0. The molecule has 78 heavy (non-hydrogen) atoms. The van der Waals surface area contributed by atoms with Crippen molar-refractivity contribution in [3.05, 3.63) is 138 Å². The zero-order chi connectivity index (χ0) is 54.4. The average Bonchev–Trinajstić information content (AvgIpc) is 4.09. The second-order valence-corrected chi connectivity index (χ2v) is 20.5. The van der Waals surface area contributed by atoms with E-state index in [9.17, 15) is 14.4 Å². The minimum absolute atomic E-state index is 0.00156. The number of H-pyrrole nitrogens is 1. The summed E-state index contributed by atoms with van der Waals surface area (Å²) >= 11 is 0. The van der Waals surface area contributed by atoms with Crippen molar-refractivity contribution in [2.24, 2.45) is 5.73 Å². The Bertz CT molecular complexity index is 2860. The van der Waals surface area contributed by atoms with Gasteiger partial charge in [-0.3, -0.25) is 33.7 Å². The molecule has 20 heteroatoms. The Morgan fingerprint density at radius 2 is 1.31 bits per heavy atom. The van der Waals surface area contributed by atoms with Gasteiger partial charge in [-0.05, 0) is 72.6 Å². The van der Waals surface area contributed by atoms with Gasteiger partial charge in [0.25, 0.3) is 0 Å². The maximum Gasteiger partial charge on any atom is 0.407 e. The number of carbonyl (C=O) groups is 7. The first-order valence-corrected chi connectivity index (χ1v) is 27.2. The van der Waals surface area contributed by atoms with Gasteiger partial charge in [0.05, 0.1) is 6.54 Å². The molecule has 5 heterocycles. The van der Waals surface area contributed by atoms with Gasteiger partial charge >= 0.3 is 6.09 Å². The van der Waals surface area contributed by atoms with E-state index in [0.29, 0.717) is 63.4 Å². The highest BCUT2D eigenvalue weighted by atomic mass is 16.6. The van der Waals surface area contributed by atoms with Crippen LogP contribution in [0.1, 0.15) is 54.4 Å². The SMILES string of the molecule is NCCNC(=O)OC1C[C@H]2C(=O)N[C@@H](CCc3ccccc3)C(=O)N[C@H](Cc3c[nH]c4ccccc34)C(=O)N[C@@H](CN3CCNCC3)C(=O)N[C@@H](Cc3ccc(OCc4ccccc4)cc3)C(=O)N3CCCC[C@H]3C(=O)N2C1. The number of carbonyl (C=O) groups excluding carboxylic acids is 7. The van der Waals surface area contributed by atoms with Crippen LogP contribution in [0.4, 0.5) is 4.79 Å². The molecule has 9 N–H and O–H groups in total. The lowest BCUT2D eigenvalue weighted by Gasteiger charge is -2.40. The highest BCUT2D eigenvalue weighted by Crippen LogP contribution is 2.28. The van der Waals surface area contributed by atoms with Crippen molar-refractivity contribution in [1.29, 1.82) is 0 Å². The predicted octanol–water partition coefficient (Wildman–Crippen LogP) is 2.06. The van der Waals surface area contributed by atoms with E-state index in [1.54, 1.807) is 18.3 Å². The molecule has 20 nitrogen and oxygen atoms in total. The number of nitrogens with one attached hydrogen (secondary N) is 7. The number of fused-ring (bicyclic) bond motifs is 3. The van der Waals surface area contributed by atoms with E-state index < -0.39 is 83.9 Å². The van der Waals surface area contributed by atoms with Crippen molar-refractivity contribution < 1.29 is 43.0 Å². The van der Waals surface area contributed by atoms with Crippen LogP contribution in [0.5, 0.6) is 5.75 Å². The second kappa shape index (κ2) is 26.5. The first-order chi connectivity index (χ1) is 38.0. The van der Waals surface area contributed by atoms with E-state index in [0.717, 1.165) is 27.6 Å². The number of hydrogen-bond donors (Lipinski definition) is 8. The van der Waals surface area contributed by atoms with Gasteiger partial charge in [0.2, 0.25) is 35.4 Å². The molecule has 0 aliphatic carbocycles. The van der Waals surface area contributed by atoms with Gasteiger partial charge in [-0.15, -0.1) is 0 Å². The summed E-state index contributed by atoms with van der Waals surface area (Å²) in [6.45, 7) is 3.20. The summed E-state index contributed by atoms with van der Waals surface area (Å²) in [5, 5.41) is 18.7.